The maximum Gasteiger partial charge on any atom is 0.259 e. The van der Waals surface area contributed by atoms with Crippen LogP contribution in [0.2, 0.25) is 0 Å². The molecule has 0 bridgehead atoms. The molecule has 204 valence electrons. The van der Waals surface area contributed by atoms with E-state index in [-0.39, 0.29) is 43.0 Å². The Morgan fingerprint density at radius 1 is 1.15 bits per heavy atom. The summed E-state index contributed by atoms with van der Waals surface area (Å²) < 4.78 is 47.8. The zero-order chi connectivity index (χ0) is 28.2. The number of halogens is 1. The summed E-state index contributed by atoms with van der Waals surface area (Å²) in [5.74, 6) is 4.51. The third kappa shape index (κ3) is 6.28. The maximum absolute atomic E-state index is 14.3. The van der Waals surface area contributed by atoms with Crippen LogP contribution in [0.25, 0.3) is 0 Å². The summed E-state index contributed by atoms with van der Waals surface area (Å²) in [6, 6.07) is 15.6. The Hall–Kier alpha value is -3.78. The van der Waals surface area contributed by atoms with Gasteiger partial charge in [0.15, 0.2) is 0 Å². The van der Waals surface area contributed by atoms with Gasteiger partial charge in [0.2, 0.25) is 15.9 Å². The Balaban J connectivity index is 1.69. The second kappa shape index (κ2) is 11.9. The standard InChI is InChI=1S/C29H30FN3O5S/c1-20-17-33(21(2)19-34)29(35)24-15-23(14-13-22-9-5-4-6-10-22)16-31-28(24)38-26(20)18-32(3)39(36,37)27-12-8-7-11-25(27)30/h4-12,15-16,20-21,26,34H,17-19H2,1-3H3/t20-,21-,26+/m1/s1. The number of aromatic nitrogens is 1. The lowest BCUT2D eigenvalue weighted by molar-refractivity contribution is 0.0373. The second-order valence-electron chi connectivity index (χ2n) is 9.53. The van der Waals surface area contributed by atoms with Crippen molar-refractivity contribution in [2.75, 3.05) is 26.7 Å². The van der Waals surface area contributed by atoms with Crippen molar-refractivity contribution < 1.29 is 27.4 Å². The largest absolute Gasteiger partial charge is 0.472 e. The number of fused-ring (bicyclic) bond motifs is 1. The lowest BCUT2D eigenvalue weighted by Gasteiger charge is -2.37. The van der Waals surface area contributed by atoms with Crippen LogP contribution in [-0.2, 0) is 10.0 Å². The average Bonchev–Trinajstić information content (AvgIpc) is 2.94. The fourth-order valence-corrected chi connectivity index (χ4v) is 5.47. The first-order chi connectivity index (χ1) is 18.6. The third-order valence-electron chi connectivity index (χ3n) is 6.61. The molecule has 2 heterocycles. The number of pyridine rings is 1. The molecule has 0 radical (unpaired) electrons. The number of ether oxygens (including phenoxy) is 1. The van der Waals surface area contributed by atoms with Gasteiger partial charge in [-0.05, 0) is 37.3 Å². The molecule has 0 unspecified atom stereocenters. The molecule has 39 heavy (non-hydrogen) atoms. The zero-order valence-corrected chi connectivity index (χ0v) is 22.7. The highest BCUT2D eigenvalue weighted by Crippen LogP contribution is 2.28. The van der Waals surface area contributed by atoms with Gasteiger partial charge in [0, 0.05) is 36.8 Å². The first-order valence-electron chi connectivity index (χ1n) is 12.5. The molecule has 1 amide bonds. The molecule has 3 atom stereocenters. The minimum Gasteiger partial charge on any atom is -0.472 e. The molecule has 1 aliphatic heterocycles. The molecule has 1 N–H and O–H groups in total. The van der Waals surface area contributed by atoms with Crippen LogP contribution in [0.4, 0.5) is 4.39 Å². The fraction of sp³-hybridized carbons (Fsp3) is 0.310. The Kier molecular flexibility index (Phi) is 8.65. The number of sulfonamides is 1. The summed E-state index contributed by atoms with van der Waals surface area (Å²) >= 11 is 0. The van der Waals surface area contributed by atoms with Crippen LogP contribution in [0, 0.1) is 23.6 Å². The predicted molar refractivity (Wildman–Crippen MR) is 144 cm³/mol. The van der Waals surface area contributed by atoms with Gasteiger partial charge in [-0.3, -0.25) is 4.79 Å². The Morgan fingerprint density at radius 3 is 2.51 bits per heavy atom. The molecule has 0 saturated heterocycles. The topological polar surface area (TPSA) is 100 Å². The van der Waals surface area contributed by atoms with E-state index >= 15 is 0 Å². The summed E-state index contributed by atoms with van der Waals surface area (Å²) in [4.78, 5) is 19.0. The summed E-state index contributed by atoms with van der Waals surface area (Å²) in [6.45, 7) is 3.36. The van der Waals surface area contributed by atoms with Gasteiger partial charge in [0.05, 0.1) is 19.2 Å². The minimum absolute atomic E-state index is 0.0358. The van der Waals surface area contributed by atoms with Crippen LogP contribution in [0.1, 0.15) is 35.3 Å². The molecule has 10 heteroatoms. The lowest BCUT2D eigenvalue weighted by atomic mass is 10.0. The third-order valence-corrected chi connectivity index (χ3v) is 8.46. The van der Waals surface area contributed by atoms with Crippen LogP contribution < -0.4 is 4.74 Å². The number of amides is 1. The van der Waals surface area contributed by atoms with Gasteiger partial charge in [0.25, 0.3) is 5.91 Å². The van der Waals surface area contributed by atoms with E-state index in [1.165, 1.54) is 36.3 Å². The van der Waals surface area contributed by atoms with E-state index < -0.39 is 32.9 Å². The smallest absolute Gasteiger partial charge is 0.259 e. The van der Waals surface area contributed by atoms with Gasteiger partial charge in [-0.25, -0.2) is 17.8 Å². The van der Waals surface area contributed by atoms with E-state index in [1.807, 2.05) is 37.3 Å². The number of carbonyl (C=O) groups excluding carboxylic acids is 1. The molecular weight excluding hydrogens is 521 g/mol. The molecule has 4 rings (SSSR count). The summed E-state index contributed by atoms with van der Waals surface area (Å²) in [5, 5.41) is 9.85. The predicted octanol–water partition coefficient (Wildman–Crippen LogP) is 3.16. The van der Waals surface area contributed by atoms with E-state index in [0.29, 0.717) is 5.56 Å². The SMILES string of the molecule is C[C@@H]1CN([C@H](C)CO)C(=O)c2cc(C#Cc3ccccc3)cnc2O[C@H]1CN(C)S(=O)(=O)c1ccccc1F. The zero-order valence-electron chi connectivity index (χ0n) is 21.9. The van der Waals surface area contributed by atoms with Crippen molar-refractivity contribution in [3.05, 3.63) is 89.4 Å². The van der Waals surface area contributed by atoms with E-state index in [2.05, 4.69) is 16.8 Å². The van der Waals surface area contributed by atoms with E-state index in [9.17, 15) is 22.7 Å². The number of carbonyl (C=O) groups is 1. The monoisotopic (exact) mass is 551 g/mol. The molecule has 0 spiro atoms. The van der Waals surface area contributed by atoms with Gasteiger partial charge in [0.1, 0.15) is 22.4 Å². The van der Waals surface area contributed by atoms with Gasteiger partial charge in [-0.2, -0.15) is 4.31 Å². The van der Waals surface area contributed by atoms with Crippen molar-refractivity contribution in [3.63, 3.8) is 0 Å². The van der Waals surface area contributed by atoms with Crippen LogP contribution in [-0.4, -0.2) is 72.5 Å². The minimum atomic E-state index is -4.16. The van der Waals surface area contributed by atoms with Gasteiger partial charge < -0.3 is 14.7 Å². The van der Waals surface area contributed by atoms with Crippen molar-refractivity contribution >= 4 is 15.9 Å². The molecule has 2 aromatic carbocycles. The van der Waals surface area contributed by atoms with Crippen LogP contribution in [0.5, 0.6) is 5.88 Å². The molecule has 0 aliphatic carbocycles. The number of nitrogens with zero attached hydrogens (tertiary/aromatic N) is 3. The highest BCUT2D eigenvalue weighted by atomic mass is 32.2. The van der Waals surface area contributed by atoms with Crippen molar-refractivity contribution in [2.24, 2.45) is 5.92 Å². The number of aliphatic hydroxyl groups is 1. The fourth-order valence-electron chi connectivity index (χ4n) is 4.23. The van der Waals surface area contributed by atoms with E-state index in [0.717, 1.165) is 15.9 Å². The van der Waals surface area contributed by atoms with Gasteiger partial charge >= 0.3 is 0 Å². The second-order valence-corrected chi connectivity index (χ2v) is 11.5. The van der Waals surface area contributed by atoms with Crippen molar-refractivity contribution in [2.45, 2.75) is 30.9 Å². The summed E-state index contributed by atoms with van der Waals surface area (Å²) in [5.41, 5.74) is 1.46. The Labute approximate surface area is 228 Å². The number of aliphatic hydroxyl groups excluding tert-OH is 1. The quantitative estimate of drug-likeness (QED) is 0.473. The number of benzene rings is 2. The first kappa shape index (κ1) is 28.2. The summed E-state index contributed by atoms with van der Waals surface area (Å²) in [6.07, 6.45) is 0.760. The highest BCUT2D eigenvalue weighted by Gasteiger charge is 2.36. The number of likely N-dealkylation sites (N-methyl/N-ethyl adjacent to an activating group) is 1. The number of hydrogen-bond acceptors (Lipinski definition) is 6. The van der Waals surface area contributed by atoms with Gasteiger partial charge in [-0.1, -0.05) is 49.1 Å². The molecule has 1 aromatic heterocycles. The molecule has 8 nitrogen and oxygen atoms in total. The molecular formula is C29H30FN3O5S. The molecule has 0 fully saturated rings. The van der Waals surface area contributed by atoms with E-state index in [4.69, 9.17) is 4.74 Å². The van der Waals surface area contributed by atoms with Crippen LogP contribution in [0.15, 0.2) is 71.8 Å². The molecule has 3 aromatic rings. The van der Waals surface area contributed by atoms with Crippen molar-refractivity contribution in [1.29, 1.82) is 0 Å². The Morgan fingerprint density at radius 2 is 1.82 bits per heavy atom. The van der Waals surface area contributed by atoms with Crippen LogP contribution >= 0.6 is 0 Å². The van der Waals surface area contributed by atoms with Gasteiger partial charge in [-0.15, -0.1) is 0 Å². The highest BCUT2D eigenvalue weighted by molar-refractivity contribution is 7.89. The molecule has 0 saturated carbocycles. The number of hydrogen-bond donors (Lipinski definition) is 1. The van der Waals surface area contributed by atoms with Crippen molar-refractivity contribution in [1.82, 2.24) is 14.2 Å². The molecule has 1 aliphatic rings. The summed E-state index contributed by atoms with van der Waals surface area (Å²) in [7, 11) is -2.80. The maximum atomic E-state index is 14.3. The number of rotatable bonds is 6. The lowest BCUT2D eigenvalue weighted by Crippen LogP contribution is -2.50. The van der Waals surface area contributed by atoms with E-state index in [1.54, 1.807) is 13.0 Å². The normalized spacial score (nSPS) is 18.3. The van der Waals surface area contributed by atoms with Crippen molar-refractivity contribution in [3.8, 4) is 17.7 Å². The average molecular weight is 552 g/mol. The van der Waals surface area contributed by atoms with Crippen LogP contribution in [0.3, 0.4) is 0 Å². The first-order valence-corrected chi connectivity index (χ1v) is 13.9. The Bertz CT molecular complexity index is 1500.